The molecule has 0 N–H and O–H groups in total. The van der Waals surface area contributed by atoms with E-state index < -0.39 is 0 Å². The zero-order chi connectivity index (χ0) is 17.8. The molecular weight excluding hydrogens is 342 g/mol. The topological polar surface area (TPSA) is 33.2 Å². The lowest BCUT2D eigenvalue weighted by atomic mass is 10.1. The highest BCUT2D eigenvalue weighted by atomic mass is 32.1. The Hall–Kier alpha value is -2.60. The molecule has 3 rings (SSSR count). The second-order valence-corrected chi connectivity index (χ2v) is 6.40. The van der Waals surface area contributed by atoms with Gasteiger partial charge in [0.05, 0.1) is 5.01 Å². The molecule has 0 fully saturated rings. The van der Waals surface area contributed by atoms with Crippen LogP contribution in [-0.4, -0.2) is 17.4 Å². The number of benzene rings is 2. The molecule has 2 aromatic carbocycles. The van der Waals surface area contributed by atoms with E-state index in [-0.39, 0.29) is 17.5 Å². The lowest BCUT2D eigenvalue weighted by Gasteiger charge is -2.19. The van der Waals surface area contributed by atoms with Gasteiger partial charge in [-0.15, -0.1) is 11.3 Å². The van der Waals surface area contributed by atoms with Crippen LogP contribution >= 0.6 is 11.3 Å². The van der Waals surface area contributed by atoms with E-state index in [1.54, 1.807) is 29.6 Å². The predicted octanol–water partition coefficient (Wildman–Crippen LogP) is 4.68. The molecular formula is C19H16F2N2OS. The van der Waals surface area contributed by atoms with Crippen LogP contribution in [0, 0.1) is 11.6 Å². The van der Waals surface area contributed by atoms with Gasteiger partial charge < -0.3 is 4.90 Å². The molecule has 0 aliphatic heterocycles. The highest BCUT2D eigenvalue weighted by Crippen LogP contribution is 2.21. The second kappa shape index (κ2) is 7.53. The van der Waals surface area contributed by atoms with Crippen molar-refractivity contribution in [3.8, 4) is 0 Å². The quantitative estimate of drug-likeness (QED) is 0.663. The minimum atomic E-state index is -0.390. The number of hydrogen-bond acceptors (Lipinski definition) is 3. The van der Waals surface area contributed by atoms with Crippen molar-refractivity contribution in [3.63, 3.8) is 0 Å². The van der Waals surface area contributed by atoms with Crippen LogP contribution in [0.3, 0.4) is 0 Å². The van der Waals surface area contributed by atoms with Crippen LogP contribution in [0.4, 0.5) is 14.5 Å². The standard InChI is InChI=1S/C19H16F2N2OS/c1-2-23(16-5-3-4-15(21)11-16)19(24)17-12-25-18(22-17)10-13-6-8-14(20)9-7-13/h3-9,11-12H,2,10H2,1H3. The van der Waals surface area contributed by atoms with Crippen molar-refractivity contribution in [3.05, 3.63) is 81.8 Å². The first-order valence-corrected chi connectivity index (χ1v) is 8.71. The maximum atomic E-state index is 13.4. The molecule has 0 bridgehead atoms. The number of nitrogens with zero attached hydrogens (tertiary/aromatic N) is 2. The van der Waals surface area contributed by atoms with Gasteiger partial charge in [0.15, 0.2) is 0 Å². The van der Waals surface area contributed by atoms with Crippen LogP contribution in [0.1, 0.15) is 28.0 Å². The highest BCUT2D eigenvalue weighted by molar-refractivity contribution is 7.09. The van der Waals surface area contributed by atoms with Gasteiger partial charge in [0.2, 0.25) is 0 Å². The lowest BCUT2D eigenvalue weighted by Crippen LogP contribution is -2.31. The summed E-state index contributed by atoms with van der Waals surface area (Å²) in [6.45, 7) is 2.24. The third kappa shape index (κ3) is 4.09. The maximum Gasteiger partial charge on any atom is 0.277 e. The van der Waals surface area contributed by atoms with Crippen molar-refractivity contribution in [1.82, 2.24) is 4.98 Å². The number of thiazole rings is 1. The zero-order valence-electron chi connectivity index (χ0n) is 13.6. The van der Waals surface area contributed by atoms with Crippen LogP contribution in [-0.2, 0) is 6.42 Å². The van der Waals surface area contributed by atoms with E-state index in [4.69, 9.17) is 0 Å². The van der Waals surface area contributed by atoms with Crippen LogP contribution in [0.25, 0.3) is 0 Å². The zero-order valence-corrected chi connectivity index (χ0v) is 14.4. The second-order valence-electron chi connectivity index (χ2n) is 5.46. The molecule has 0 saturated heterocycles. The minimum absolute atomic E-state index is 0.269. The van der Waals surface area contributed by atoms with Gasteiger partial charge >= 0.3 is 0 Å². The van der Waals surface area contributed by atoms with Crippen LogP contribution in [0.15, 0.2) is 53.9 Å². The third-order valence-corrected chi connectivity index (χ3v) is 4.57. The van der Waals surface area contributed by atoms with Gasteiger partial charge in [-0.05, 0) is 42.8 Å². The molecule has 0 radical (unpaired) electrons. The Morgan fingerprint density at radius 3 is 2.56 bits per heavy atom. The lowest BCUT2D eigenvalue weighted by molar-refractivity contribution is 0.0984. The first-order chi connectivity index (χ1) is 12.1. The predicted molar refractivity (Wildman–Crippen MR) is 95.1 cm³/mol. The SMILES string of the molecule is CCN(C(=O)c1csc(Cc2ccc(F)cc2)n1)c1cccc(F)c1. The largest absolute Gasteiger partial charge is 0.307 e. The summed E-state index contributed by atoms with van der Waals surface area (Å²) in [5.41, 5.74) is 1.75. The molecule has 0 spiro atoms. The Labute approximate surface area is 148 Å². The fourth-order valence-electron chi connectivity index (χ4n) is 2.49. The summed E-state index contributed by atoms with van der Waals surface area (Å²) >= 11 is 1.38. The maximum absolute atomic E-state index is 13.4. The summed E-state index contributed by atoms with van der Waals surface area (Å²) in [4.78, 5) is 18.6. The van der Waals surface area contributed by atoms with Crippen molar-refractivity contribution in [1.29, 1.82) is 0 Å². The molecule has 0 aliphatic carbocycles. The minimum Gasteiger partial charge on any atom is -0.307 e. The van der Waals surface area contributed by atoms with Crippen LogP contribution < -0.4 is 4.90 Å². The molecule has 1 amide bonds. The molecule has 1 aromatic heterocycles. The molecule has 0 unspecified atom stereocenters. The first-order valence-electron chi connectivity index (χ1n) is 7.83. The Bertz CT molecular complexity index is 877. The normalized spacial score (nSPS) is 10.7. The molecule has 128 valence electrons. The molecule has 1 heterocycles. The molecule has 0 atom stereocenters. The van der Waals surface area contributed by atoms with Gasteiger partial charge in [0.1, 0.15) is 17.3 Å². The van der Waals surface area contributed by atoms with Gasteiger partial charge in [-0.3, -0.25) is 4.79 Å². The van der Waals surface area contributed by atoms with Crippen molar-refractivity contribution >= 4 is 22.9 Å². The summed E-state index contributed by atoms with van der Waals surface area (Å²) < 4.78 is 26.4. The number of amides is 1. The van der Waals surface area contributed by atoms with E-state index in [9.17, 15) is 13.6 Å². The number of hydrogen-bond donors (Lipinski definition) is 0. The molecule has 0 saturated carbocycles. The Morgan fingerprint density at radius 1 is 1.12 bits per heavy atom. The van der Waals surface area contributed by atoms with E-state index >= 15 is 0 Å². The Balaban J connectivity index is 1.78. The summed E-state index contributed by atoms with van der Waals surface area (Å²) in [6.07, 6.45) is 0.532. The van der Waals surface area contributed by atoms with E-state index in [1.807, 2.05) is 6.92 Å². The third-order valence-electron chi connectivity index (χ3n) is 3.72. The molecule has 25 heavy (non-hydrogen) atoms. The fraction of sp³-hybridized carbons (Fsp3) is 0.158. The number of halogens is 2. The summed E-state index contributed by atoms with van der Waals surface area (Å²) in [5, 5.41) is 2.47. The molecule has 3 aromatic rings. The van der Waals surface area contributed by atoms with Gasteiger partial charge in [-0.2, -0.15) is 0 Å². The number of carbonyl (C=O) groups is 1. The average molecular weight is 358 g/mol. The fourth-order valence-corrected chi connectivity index (χ4v) is 3.30. The molecule has 6 heteroatoms. The Morgan fingerprint density at radius 2 is 1.88 bits per heavy atom. The van der Waals surface area contributed by atoms with Gasteiger partial charge in [-0.1, -0.05) is 18.2 Å². The first kappa shape index (κ1) is 17.2. The Kier molecular flexibility index (Phi) is 5.19. The number of rotatable bonds is 5. The summed E-state index contributed by atoms with van der Waals surface area (Å²) in [6, 6.07) is 12.1. The van der Waals surface area contributed by atoms with Crippen molar-refractivity contribution < 1.29 is 13.6 Å². The van der Waals surface area contributed by atoms with E-state index in [2.05, 4.69) is 4.98 Å². The molecule has 0 aliphatic rings. The molecule has 3 nitrogen and oxygen atoms in total. The smallest absolute Gasteiger partial charge is 0.277 e. The van der Waals surface area contributed by atoms with Crippen molar-refractivity contribution in [2.24, 2.45) is 0 Å². The number of aromatic nitrogens is 1. The van der Waals surface area contributed by atoms with Crippen LogP contribution in [0.5, 0.6) is 0 Å². The van der Waals surface area contributed by atoms with Gasteiger partial charge in [0, 0.05) is 24.0 Å². The number of anilines is 1. The van der Waals surface area contributed by atoms with Crippen LogP contribution in [0.2, 0.25) is 0 Å². The number of carbonyl (C=O) groups excluding carboxylic acids is 1. The summed E-state index contributed by atoms with van der Waals surface area (Å²) in [5.74, 6) is -0.943. The van der Waals surface area contributed by atoms with Gasteiger partial charge in [0.25, 0.3) is 5.91 Å². The van der Waals surface area contributed by atoms with Crippen molar-refractivity contribution in [2.75, 3.05) is 11.4 Å². The van der Waals surface area contributed by atoms with E-state index in [1.165, 1.54) is 40.5 Å². The van der Waals surface area contributed by atoms with Gasteiger partial charge in [-0.25, -0.2) is 13.8 Å². The van der Waals surface area contributed by atoms with E-state index in [0.29, 0.717) is 24.3 Å². The monoisotopic (exact) mass is 358 g/mol. The highest BCUT2D eigenvalue weighted by Gasteiger charge is 2.19. The average Bonchev–Trinajstić information content (AvgIpc) is 3.06. The summed E-state index contributed by atoms with van der Waals surface area (Å²) in [7, 11) is 0. The van der Waals surface area contributed by atoms with Crippen molar-refractivity contribution in [2.45, 2.75) is 13.3 Å². The van der Waals surface area contributed by atoms with E-state index in [0.717, 1.165) is 10.6 Å².